The van der Waals surface area contributed by atoms with Gasteiger partial charge >= 0.3 is 0 Å². The van der Waals surface area contributed by atoms with Crippen LogP contribution in [-0.2, 0) is 4.74 Å². The van der Waals surface area contributed by atoms with Crippen molar-refractivity contribution >= 4 is 0 Å². The Kier molecular flexibility index (Phi) is 3.50. The molecule has 2 N–H and O–H groups in total. The predicted molar refractivity (Wildman–Crippen MR) is 50.1 cm³/mol. The van der Waals surface area contributed by atoms with Gasteiger partial charge in [-0.15, -0.1) is 0 Å². The Hall–Kier alpha value is -0.120. The van der Waals surface area contributed by atoms with Crippen molar-refractivity contribution in [2.45, 2.75) is 39.0 Å². The van der Waals surface area contributed by atoms with Gasteiger partial charge in [0.05, 0.1) is 12.2 Å². The van der Waals surface area contributed by atoms with Gasteiger partial charge in [-0.05, 0) is 20.8 Å². The van der Waals surface area contributed by atoms with E-state index in [0.29, 0.717) is 18.7 Å². The van der Waals surface area contributed by atoms with Crippen molar-refractivity contribution in [1.29, 1.82) is 0 Å². The van der Waals surface area contributed by atoms with Gasteiger partial charge in [-0.2, -0.15) is 0 Å². The van der Waals surface area contributed by atoms with Gasteiger partial charge in [0, 0.05) is 25.7 Å². The maximum Gasteiger partial charge on any atom is 0.0828 e. The van der Waals surface area contributed by atoms with E-state index in [1.165, 1.54) is 0 Å². The van der Waals surface area contributed by atoms with Crippen molar-refractivity contribution in [2.24, 2.45) is 5.73 Å². The second-order valence-electron chi connectivity index (χ2n) is 3.85. The molecule has 0 aromatic carbocycles. The monoisotopic (exact) mass is 172 g/mol. The first-order valence-electron chi connectivity index (χ1n) is 4.73. The lowest BCUT2D eigenvalue weighted by atomic mass is 10.2. The highest BCUT2D eigenvalue weighted by molar-refractivity contribution is 4.78. The van der Waals surface area contributed by atoms with Crippen LogP contribution in [0.2, 0.25) is 0 Å². The largest absolute Gasteiger partial charge is 0.371 e. The van der Waals surface area contributed by atoms with Crippen LogP contribution in [0, 0.1) is 0 Å². The molecule has 72 valence electrons. The summed E-state index contributed by atoms with van der Waals surface area (Å²) in [4.78, 5) is 2.42. The molecule has 0 aliphatic carbocycles. The smallest absolute Gasteiger partial charge is 0.0828 e. The third-order valence-corrected chi connectivity index (χ3v) is 2.35. The second-order valence-corrected chi connectivity index (χ2v) is 3.85. The van der Waals surface area contributed by atoms with Crippen LogP contribution in [-0.4, -0.2) is 42.8 Å². The Labute approximate surface area is 74.9 Å². The summed E-state index contributed by atoms with van der Waals surface area (Å²) in [6.45, 7) is 9.19. The number of morpholine rings is 1. The summed E-state index contributed by atoms with van der Waals surface area (Å²) in [5.74, 6) is 0. The van der Waals surface area contributed by atoms with Crippen molar-refractivity contribution in [3.8, 4) is 0 Å². The summed E-state index contributed by atoms with van der Waals surface area (Å²) >= 11 is 0. The van der Waals surface area contributed by atoms with Gasteiger partial charge in [-0.3, -0.25) is 4.90 Å². The molecule has 0 bridgehead atoms. The van der Waals surface area contributed by atoms with E-state index in [2.05, 4.69) is 25.7 Å². The minimum absolute atomic E-state index is 0.233. The van der Waals surface area contributed by atoms with Crippen LogP contribution in [0.4, 0.5) is 0 Å². The minimum Gasteiger partial charge on any atom is -0.371 e. The van der Waals surface area contributed by atoms with E-state index >= 15 is 0 Å². The molecule has 12 heavy (non-hydrogen) atoms. The fraction of sp³-hybridized carbons (Fsp3) is 1.00. The van der Waals surface area contributed by atoms with Gasteiger partial charge in [-0.25, -0.2) is 0 Å². The number of ether oxygens (including phenoxy) is 1. The third kappa shape index (κ3) is 2.44. The fourth-order valence-corrected chi connectivity index (χ4v) is 1.63. The highest BCUT2D eigenvalue weighted by Gasteiger charge is 2.25. The molecule has 0 radical (unpaired) electrons. The molecule has 0 aromatic heterocycles. The number of rotatable bonds is 2. The van der Waals surface area contributed by atoms with Crippen molar-refractivity contribution < 1.29 is 4.74 Å². The van der Waals surface area contributed by atoms with Gasteiger partial charge in [0.1, 0.15) is 0 Å². The summed E-state index contributed by atoms with van der Waals surface area (Å²) in [5.41, 5.74) is 5.58. The summed E-state index contributed by atoms with van der Waals surface area (Å²) in [7, 11) is 0. The van der Waals surface area contributed by atoms with Gasteiger partial charge in [0.25, 0.3) is 0 Å². The summed E-state index contributed by atoms with van der Waals surface area (Å²) in [5, 5.41) is 0. The Morgan fingerprint density at radius 3 is 2.67 bits per heavy atom. The van der Waals surface area contributed by atoms with Gasteiger partial charge in [0.15, 0.2) is 0 Å². The molecule has 0 saturated carbocycles. The van der Waals surface area contributed by atoms with Gasteiger partial charge in [-0.1, -0.05) is 0 Å². The molecule has 0 amide bonds. The average Bonchev–Trinajstić information content (AvgIpc) is 2.03. The Morgan fingerprint density at radius 1 is 1.50 bits per heavy atom. The Morgan fingerprint density at radius 2 is 2.17 bits per heavy atom. The van der Waals surface area contributed by atoms with E-state index in [1.54, 1.807) is 0 Å². The number of nitrogens with two attached hydrogens (primary N) is 1. The molecule has 1 fully saturated rings. The SMILES string of the molecule is CC1CN(C(C)C)CC(CN)O1. The molecule has 1 aliphatic heterocycles. The lowest BCUT2D eigenvalue weighted by molar-refractivity contribution is -0.0803. The van der Waals surface area contributed by atoms with E-state index in [4.69, 9.17) is 10.5 Å². The van der Waals surface area contributed by atoms with E-state index in [9.17, 15) is 0 Å². The molecule has 1 aliphatic rings. The fourth-order valence-electron chi connectivity index (χ4n) is 1.63. The highest BCUT2D eigenvalue weighted by Crippen LogP contribution is 2.12. The van der Waals surface area contributed by atoms with Crippen LogP contribution in [0.15, 0.2) is 0 Å². The van der Waals surface area contributed by atoms with E-state index in [1.807, 2.05) is 0 Å². The first-order chi connectivity index (χ1) is 5.63. The zero-order valence-corrected chi connectivity index (χ0v) is 8.29. The average molecular weight is 172 g/mol. The quantitative estimate of drug-likeness (QED) is 0.657. The van der Waals surface area contributed by atoms with Crippen molar-refractivity contribution in [2.75, 3.05) is 19.6 Å². The summed E-state index contributed by atoms with van der Waals surface area (Å²) < 4.78 is 5.65. The topological polar surface area (TPSA) is 38.5 Å². The first-order valence-corrected chi connectivity index (χ1v) is 4.73. The maximum absolute atomic E-state index is 5.65. The molecule has 1 saturated heterocycles. The van der Waals surface area contributed by atoms with Crippen molar-refractivity contribution in [3.05, 3.63) is 0 Å². The second kappa shape index (κ2) is 4.21. The van der Waals surface area contributed by atoms with Crippen LogP contribution in [0.25, 0.3) is 0 Å². The third-order valence-electron chi connectivity index (χ3n) is 2.35. The van der Waals surface area contributed by atoms with Crippen LogP contribution >= 0.6 is 0 Å². The molecule has 0 spiro atoms. The van der Waals surface area contributed by atoms with E-state index < -0.39 is 0 Å². The normalized spacial score (nSPS) is 32.8. The van der Waals surface area contributed by atoms with Crippen LogP contribution < -0.4 is 5.73 Å². The zero-order chi connectivity index (χ0) is 9.14. The molecule has 2 atom stereocenters. The number of hydrogen-bond acceptors (Lipinski definition) is 3. The molecule has 0 aromatic rings. The van der Waals surface area contributed by atoms with Crippen molar-refractivity contribution in [1.82, 2.24) is 4.90 Å². The standard InChI is InChI=1S/C9H20N2O/c1-7(2)11-5-8(3)12-9(4-10)6-11/h7-9H,4-6,10H2,1-3H3. The molecular weight excluding hydrogens is 152 g/mol. The lowest BCUT2D eigenvalue weighted by Gasteiger charge is -2.38. The molecule has 3 heteroatoms. The Bertz CT molecular complexity index is 138. The van der Waals surface area contributed by atoms with Crippen LogP contribution in [0.3, 0.4) is 0 Å². The first kappa shape index (κ1) is 9.96. The minimum atomic E-state index is 0.233. The van der Waals surface area contributed by atoms with Crippen LogP contribution in [0.5, 0.6) is 0 Å². The lowest BCUT2D eigenvalue weighted by Crippen LogP contribution is -2.51. The molecule has 1 heterocycles. The van der Waals surface area contributed by atoms with E-state index in [0.717, 1.165) is 13.1 Å². The molecule has 3 nitrogen and oxygen atoms in total. The van der Waals surface area contributed by atoms with Crippen LogP contribution in [0.1, 0.15) is 20.8 Å². The summed E-state index contributed by atoms with van der Waals surface area (Å²) in [6.07, 6.45) is 0.561. The predicted octanol–water partition coefficient (Wildman–Crippen LogP) is 0.443. The van der Waals surface area contributed by atoms with Gasteiger partial charge in [0.2, 0.25) is 0 Å². The maximum atomic E-state index is 5.65. The number of hydrogen-bond donors (Lipinski definition) is 1. The zero-order valence-electron chi connectivity index (χ0n) is 8.29. The van der Waals surface area contributed by atoms with Crippen molar-refractivity contribution in [3.63, 3.8) is 0 Å². The number of nitrogens with zero attached hydrogens (tertiary/aromatic N) is 1. The Balaban J connectivity index is 2.45. The van der Waals surface area contributed by atoms with Gasteiger partial charge < -0.3 is 10.5 Å². The molecule has 1 rings (SSSR count). The summed E-state index contributed by atoms with van der Waals surface area (Å²) in [6, 6.07) is 0.602. The molecular formula is C9H20N2O. The molecule has 2 unspecified atom stereocenters. The van der Waals surface area contributed by atoms with E-state index in [-0.39, 0.29) is 6.10 Å². The highest BCUT2D eigenvalue weighted by atomic mass is 16.5.